The van der Waals surface area contributed by atoms with Gasteiger partial charge in [-0.05, 0) is 58.2 Å². The summed E-state index contributed by atoms with van der Waals surface area (Å²) in [5.74, 6) is -0.532. The molecule has 1 aromatic rings. The number of amides is 2. The molecular formula is C22H29ClFN3O3. The van der Waals surface area contributed by atoms with Crippen molar-refractivity contribution in [2.45, 2.75) is 57.7 Å². The molecule has 0 radical (unpaired) electrons. The Kier molecular flexibility index (Phi) is 6.91. The van der Waals surface area contributed by atoms with Crippen molar-refractivity contribution in [3.05, 3.63) is 41.2 Å². The second-order valence-corrected chi connectivity index (χ2v) is 9.21. The highest BCUT2D eigenvalue weighted by Gasteiger charge is 2.35. The van der Waals surface area contributed by atoms with E-state index in [2.05, 4.69) is 5.32 Å². The van der Waals surface area contributed by atoms with Gasteiger partial charge in [-0.3, -0.25) is 4.79 Å². The lowest BCUT2D eigenvalue weighted by Gasteiger charge is -2.40. The van der Waals surface area contributed by atoms with Gasteiger partial charge in [0.15, 0.2) is 0 Å². The van der Waals surface area contributed by atoms with E-state index in [-0.39, 0.29) is 23.1 Å². The molecule has 2 aliphatic heterocycles. The molecule has 164 valence electrons. The van der Waals surface area contributed by atoms with Gasteiger partial charge in [-0.15, -0.1) is 0 Å². The van der Waals surface area contributed by atoms with Gasteiger partial charge >= 0.3 is 6.09 Å². The molecule has 2 heterocycles. The molecule has 2 amide bonds. The molecule has 1 aromatic carbocycles. The van der Waals surface area contributed by atoms with Gasteiger partial charge in [0.05, 0.1) is 0 Å². The SMILES string of the molecule is CC(C)(C)OC(=O)N1CCC[C@@H](N2CC=CC[C@@H](Nc3cc(F)cc(Cl)c3)C2=O)C1. The molecule has 1 fully saturated rings. The summed E-state index contributed by atoms with van der Waals surface area (Å²) in [6.07, 6.45) is 5.67. The molecule has 8 heteroatoms. The van der Waals surface area contributed by atoms with Crippen LogP contribution in [0.3, 0.4) is 0 Å². The van der Waals surface area contributed by atoms with Crippen molar-refractivity contribution in [2.75, 3.05) is 25.0 Å². The summed E-state index contributed by atoms with van der Waals surface area (Å²) >= 11 is 5.94. The minimum atomic E-state index is -0.563. The number of carbonyl (C=O) groups is 2. The van der Waals surface area contributed by atoms with Crippen LogP contribution in [-0.4, -0.2) is 59.1 Å². The minimum Gasteiger partial charge on any atom is -0.444 e. The fourth-order valence-electron chi connectivity index (χ4n) is 3.80. The number of benzene rings is 1. The Morgan fingerprint density at radius 2 is 2.03 bits per heavy atom. The van der Waals surface area contributed by atoms with E-state index in [1.807, 2.05) is 32.9 Å². The smallest absolute Gasteiger partial charge is 0.410 e. The van der Waals surface area contributed by atoms with Crippen LogP contribution in [0.2, 0.25) is 5.02 Å². The first-order chi connectivity index (χ1) is 14.1. The summed E-state index contributed by atoms with van der Waals surface area (Å²) in [5.41, 5.74) is -0.0977. The van der Waals surface area contributed by atoms with E-state index in [1.54, 1.807) is 15.9 Å². The van der Waals surface area contributed by atoms with Crippen molar-refractivity contribution >= 4 is 29.3 Å². The second-order valence-electron chi connectivity index (χ2n) is 8.78. The zero-order chi connectivity index (χ0) is 21.9. The van der Waals surface area contributed by atoms with E-state index in [9.17, 15) is 14.0 Å². The lowest BCUT2D eigenvalue weighted by atomic mass is 10.0. The summed E-state index contributed by atoms with van der Waals surface area (Å²) in [5, 5.41) is 3.38. The van der Waals surface area contributed by atoms with Gasteiger partial charge in [0, 0.05) is 36.4 Å². The zero-order valence-electron chi connectivity index (χ0n) is 17.7. The van der Waals surface area contributed by atoms with E-state index >= 15 is 0 Å². The number of likely N-dealkylation sites (tertiary alicyclic amines) is 1. The highest BCUT2D eigenvalue weighted by molar-refractivity contribution is 6.30. The van der Waals surface area contributed by atoms with Crippen molar-refractivity contribution in [2.24, 2.45) is 0 Å². The molecule has 6 nitrogen and oxygen atoms in total. The third-order valence-corrected chi connectivity index (χ3v) is 5.33. The first-order valence-electron chi connectivity index (χ1n) is 10.3. The molecule has 1 saturated heterocycles. The highest BCUT2D eigenvalue weighted by atomic mass is 35.5. The molecule has 0 aromatic heterocycles. The molecule has 0 saturated carbocycles. The lowest BCUT2D eigenvalue weighted by molar-refractivity contribution is -0.134. The van der Waals surface area contributed by atoms with Crippen LogP contribution in [0, 0.1) is 5.82 Å². The quantitative estimate of drug-likeness (QED) is 0.710. The van der Waals surface area contributed by atoms with Gasteiger partial charge in [-0.1, -0.05) is 23.8 Å². The monoisotopic (exact) mass is 437 g/mol. The maximum Gasteiger partial charge on any atom is 0.410 e. The number of nitrogens with one attached hydrogen (secondary N) is 1. The zero-order valence-corrected chi connectivity index (χ0v) is 18.4. The van der Waals surface area contributed by atoms with Gasteiger partial charge in [0.25, 0.3) is 0 Å². The number of piperidine rings is 1. The van der Waals surface area contributed by atoms with Crippen molar-refractivity contribution in [3.8, 4) is 0 Å². The van der Waals surface area contributed by atoms with Crippen molar-refractivity contribution in [1.29, 1.82) is 0 Å². The summed E-state index contributed by atoms with van der Waals surface area (Å²) < 4.78 is 19.2. The predicted molar refractivity (Wildman–Crippen MR) is 115 cm³/mol. The number of hydrogen-bond acceptors (Lipinski definition) is 4. The summed E-state index contributed by atoms with van der Waals surface area (Å²) in [6.45, 7) is 7.05. The molecule has 1 N–H and O–H groups in total. The fraction of sp³-hybridized carbons (Fsp3) is 0.545. The second kappa shape index (κ2) is 9.25. The normalized spacial score (nSPS) is 22.6. The topological polar surface area (TPSA) is 61.9 Å². The van der Waals surface area contributed by atoms with Crippen LogP contribution in [-0.2, 0) is 9.53 Å². The maximum atomic E-state index is 13.7. The number of ether oxygens (including phenoxy) is 1. The van der Waals surface area contributed by atoms with Gasteiger partial charge in [-0.2, -0.15) is 0 Å². The van der Waals surface area contributed by atoms with Crippen LogP contribution in [0.1, 0.15) is 40.0 Å². The van der Waals surface area contributed by atoms with Crippen LogP contribution >= 0.6 is 11.6 Å². The fourth-order valence-corrected chi connectivity index (χ4v) is 4.02. The standard InChI is InChI=1S/C22H29ClFN3O3/c1-22(2,3)30-21(29)26-9-6-7-18(14-26)27-10-5-4-8-19(20(27)28)25-17-12-15(23)11-16(24)13-17/h4-5,11-13,18-19,25H,6-10,14H2,1-3H3/t18-,19-/m1/s1. The number of nitrogens with zero attached hydrogens (tertiary/aromatic N) is 2. The van der Waals surface area contributed by atoms with Gasteiger partial charge < -0.3 is 19.9 Å². The number of rotatable bonds is 3. The van der Waals surface area contributed by atoms with Crippen LogP contribution < -0.4 is 5.32 Å². The molecular weight excluding hydrogens is 409 g/mol. The third kappa shape index (κ3) is 5.88. The Hall–Kier alpha value is -2.28. The Labute approximate surface area is 182 Å². The maximum absolute atomic E-state index is 13.7. The van der Waals surface area contributed by atoms with Gasteiger partial charge in [-0.25, -0.2) is 9.18 Å². The third-order valence-electron chi connectivity index (χ3n) is 5.11. The predicted octanol–water partition coefficient (Wildman–Crippen LogP) is 4.45. The Morgan fingerprint density at radius 3 is 2.73 bits per heavy atom. The molecule has 0 bridgehead atoms. The van der Waals surface area contributed by atoms with Crippen LogP contribution in [0.25, 0.3) is 0 Å². The molecule has 0 spiro atoms. The number of halogens is 2. The summed E-state index contributed by atoms with van der Waals surface area (Å²) in [4.78, 5) is 29.3. The van der Waals surface area contributed by atoms with Crippen LogP contribution in [0.4, 0.5) is 14.9 Å². The lowest BCUT2D eigenvalue weighted by Crippen LogP contribution is -2.54. The van der Waals surface area contributed by atoms with Gasteiger partial charge in [0.2, 0.25) is 5.91 Å². The molecule has 0 aliphatic carbocycles. The highest BCUT2D eigenvalue weighted by Crippen LogP contribution is 2.24. The largest absolute Gasteiger partial charge is 0.444 e. The van der Waals surface area contributed by atoms with E-state index in [1.165, 1.54) is 12.1 Å². The van der Waals surface area contributed by atoms with Crippen molar-refractivity contribution < 1.29 is 18.7 Å². The average molecular weight is 438 g/mol. The van der Waals surface area contributed by atoms with E-state index in [0.717, 1.165) is 12.8 Å². The molecule has 30 heavy (non-hydrogen) atoms. The Balaban J connectivity index is 1.70. The molecule has 0 unspecified atom stereocenters. The molecule has 2 atom stereocenters. The van der Waals surface area contributed by atoms with Crippen LogP contribution in [0.15, 0.2) is 30.4 Å². The molecule has 2 aliphatic rings. The van der Waals surface area contributed by atoms with E-state index in [4.69, 9.17) is 16.3 Å². The molecule has 3 rings (SSSR count). The summed E-state index contributed by atoms with van der Waals surface area (Å²) in [6, 6.07) is 3.52. The van der Waals surface area contributed by atoms with E-state index in [0.29, 0.717) is 31.7 Å². The van der Waals surface area contributed by atoms with E-state index < -0.39 is 17.5 Å². The van der Waals surface area contributed by atoms with Crippen molar-refractivity contribution in [3.63, 3.8) is 0 Å². The minimum absolute atomic E-state index is 0.0728. The number of anilines is 1. The first kappa shape index (κ1) is 22.4. The van der Waals surface area contributed by atoms with Gasteiger partial charge in [0.1, 0.15) is 17.5 Å². The van der Waals surface area contributed by atoms with Crippen molar-refractivity contribution in [1.82, 2.24) is 9.80 Å². The number of hydrogen-bond donors (Lipinski definition) is 1. The first-order valence-corrected chi connectivity index (χ1v) is 10.7. The van der Waals surface area contributed by atoms with Crippen LogP contribution in [0.5, 0.6) is 0 Å². The average Bonchev–Trinajstić information content (AvgIpc) is 2.82. The summed E-state index contributed by atoms with van der Waals surface area (Å²) in [7, 11) is 0. The Morgan fingerprint density at radius 1 is 1.27 bits per heavy atom. The Bertz CT molecular complexity index is 804. The number of carbonyl (C=O) groups excluding carboxylic acids is 2.